The Hall–Kier alpha value is -3.14. The van der Waals surface area contributed by atoms with Crippen LogP contribution < -0.4 is 5.73 Å². The third kappa shape index (κ3) is 2.95. The van der Waals surface area contributed by atoms with E-state index < -0.39 is 0 Å². The number of nitrogens with two attached hydrogens (primary N) is 1. The molecule has 1 amide bonds. The number of carbonyl (C=O) groups excluding carboxylic acids is 1. The summed E-state index contributed by atoms with van der Waals surface area (Å²) in [6, 6.07) is 2.16. The Morgan fingerprint density at radius 1 is 1.36 bits per heavy atom. The highest BCUT2D eigenvalue weighted by Crippen LogP contribution is 2.45. The minimum atomic E-state index is 0.0263. The van der Waals surface area contributed by atoms with Gasteiger partial charge in [-0.1, -0.05) is 12.7 Å². The van der Waals surface area contributed by atoms with Gasteiger partial charge in [0.2, 0.25) is 5.91 Å². The second-order valence-electron chi connectivity index (χ2n) is 7.86. The third-order valence-corrected chi connectivity index (χ3v) is 6.27. The predicted octanol–water partition coefficient (Wildman–Crippen LogP) is 2.78. The first-order chi connectivity index (χ1) is 13.5. The number of carbonyl (C=O) groups is 1. The molecule has 0 aromatic carbocycles. The molecule has 2 aromatic heterocycles. The van der Waals surface area contributed by atoms with Crippen LogP contribution in [0.15, 0.2) is 24.9 Å². The van der Waals surface area contributed by atoms with E-state index in [0.29, 0.717) is 28.2 Å². The second-order valence-corrected chi connectivity index (χ2v) is 7.86. The van der Waals surface area contributed by atoms with Crippen molar-refractivity contribution in [1.82, 2.24) is 19.4 Å². The van der Waals surface area contributed by atoms with Gasteiger partial charge in [0, 0.05) is 26.3 Å². The number of hydrogen-bond acceptors (Lipinski definition) is 5. The number of amides is 1. The van der Waals surface area contributed by atoms with Crippen LogP contribution in [0.2, 0.25) is 0 Å². The van der Waals surface area contributed by atoms with Crippen molar-refractivity contribution in [3.05, 3.63) is 36.3 Å². The lowest BCUT2D eigenvalue weighted by atomic mass is 9.68. The average molecular weight is 376 g/mol. The molecule has 1 spiro atoms. The van der Waals surface area contributed by atoms with Crippen molar-refractivity contribution in [2.45, 2.75) is 32.1 Å². The van der Waals surface area contributed by atoms with Gasteiger partial charge in [-0.3, -0.25) is 4.79 Å². The molecule has 1 fully saturated rings. The van der Waals surface area contributed by atoms with Crippen molar-refractivity contribution >= 4 is 28.3 Å². The summed E-state index contributed by atoms with van der Waals surface area (Å²) in [5, 5.41) is 9.91. The van der Waals surface area contributed by atoms with Gasteiger partial charge in [0.05, 0.1) is 10.9 Å². The van der Waals surface area contributed by atoms with Crippen LogP contribution in [0.5, 0.6) is 0 Å². The molecule has 0 unspecified atom stereocenters. The number of hydrogen-bond donors (Lipinski definition) is 1. The molecule has 0 bridgehead atoms. The quantitative estimate of drug-likeness (QED) is 0.812. The standard InChI is InChI=1S/C21H24N6O/c1-3-16(28)27-10-8-21(9-11-27)6-4-14(5-7-21)19-24-18(23)17-15(12-22)13-26(2)20(17)25-19/h3-4,13H,1,5-11H2,2H3,(H2,23,24,25). The molecule has 0 atom stereocenters. The highest BCUT2D eigenvalue weighted by molar-refractivity contribution is 5.93. The Morgan fingerprint density at radius 2 is 2.11 bits per heavy atom. The maximum absolute atomic E-state index is 11.8. The van der Waals surface area contributed by atoms with Gasteiger partial charge in [-0.25, -0.2) is 9.97 Å². The molecule has 144 valence electrons. The van der Waals surface area contributed by atoms with Crippen LogP contribution in [0.1, 0.15) is 43.5 Å². The second kappa shape index (κ2) is 6.79. The maximum atomic E-state index is 11.8. The highest BCUT2D eigenvalue weighted by Gasteiger charge is 2.37. The van der Waals surface area contributed by atoms with Crippen molar-refractivity contribution in [3.8, 4) is 6.07 Å². The molecule has 2 aliphatic rings. The van der Waals surface area contributed by atoms with Gasteiger partial charge in [-0.15, -0.1) is 0 Å². The lowest BCUT2D eigenvalue weighted by molar-refractivity contribution is -0.128. The molecule has 0 saturated carbocycles. The zero-order chi connectivity index (χ0) is 19.9. The van der Waals surface area contributed by atoms with Gasteiger partial charge in [-0.2, -0.15) is 5.26 Å². The van der Waals surface area contributed by atoms with E-state index in [-0.39, 0.29) is 11.3 Å². The summed E-state index contributed by atoms with van der Waals surface area (Å²) in [4.78, 5) is 22.9. The monoisotopic (exact) mass is 376 g/mol. The fourth-order valence-electron chi connectivity index (χ4n) is 4.46. The van der Waals surface area contributed by atoms with Crippen LogP contribution in [0.25, 0.3) is 16.6 Å². The number of nitrogen functional groups attached to an aromatic ring is 1. The first-order valence-corrected chi connectivity index (χ1v) is 9.60. The molecule has 1 saturated heterocycles. The molecular weight excluding hydrogens is 352 g/mol. The van der Waals surface area contributed by atoms with Gasteiger partial charge < -0.3 is 15.2 Å². The number of anilines is 1. The molecule has 0 radical (unpaired) electrons. The van der Waals surface area contributed by atoms with Crippen molar-refractivity contribution in [2.24, 2.45) is 12.5 Å². The predicted molar refractivity (Wildman–Crippen MR) is 108 cm³/mol. The first kappa shape index (κ1) is 18.2. The minimum Gasteiger partial charge on any atom is -0.383 e. The number of nitriles is 1. The normalized spacial score (nSPS) is 18.7. The lowest BCUT2D eigenvalue weighted by Crippen LogP contribution is -2.43. The molecule has 2 N–H and O–H groups in total. The van der Waals surface area contributed by atoms with Crippen LogP contribution in [0.4, 0.5) is 5.82 Å². The highest BCUT2D eigenvalue weighted by atomic mass is 16.2. The number of nitrogens with zero attached hydrogens (tertiary/aromatic N) is 5. The Bertz CT molecular complexity index is 1030. The third-order valence-electron chi connectivity index (χ3n) is 6.27. The van der Waals surface area contributed by atoms with Crippen molar-refractivity contribution in [2.75, 3.05) is 18.8 Å². The Balaban J connectivity index is 1.56. The number of allylic oxidation sites excluding steroid dienone is 2. The molecule has 3 heterocycles. The van der Waals surface area contributed by atoms with Gasteiger partial charge in [0.15, 0.2) is 5.82 Å². The summed E-state index contributed by atoms with van der Waals surface area (Å²) in [5.74, 6) is 1.04. The van der Waals surface area contributed by atoms with Gasteiger partial charge >= 0.3 is 0 Å². The number of aromatic nitrogens is 3. The average Bonchev–Trinajstić information content (AvgIpc) is 3.05. The maximum Gasteiger partial charge on any atom is 0.245 e. The molecule has 2 aromatic rings. The summed E-state index contributed by atoms with van der Waals surface area (Å²) in [5.41, 5.74) is 8.72. The Morgan fingerprint density at radius 3 is 2.71 bits per heavy atom. The summed E-state index contributed by atoms with van der Waals surface area (Å²) >= 11 is 0. The van der Waals surface area contributed by atoms with E-state index in [1.165, 1.54) is 6.08 Å². The summed E-state index contributed by atoms with van der Waals surface area (Å²) in [6.07, 6.45) is 10.3. The molecule has 1 aliphatic heterocycles. The first-order valence-electron chi connectivity index (χ1n) is 9.60. The fourth-order valence-corrected chi connectivity index (χ4v) is 4.46. The van der Waals surface area contributed by atoms with Gasteiger partial charge in [0.1, 0.15) is 17.5 Å². The van der Waals surface area contributed by atoms with E-state index in [1.54, 1.807) is 6.20 Å². The van der Waals surface area contributed by atoms with Crippen LogP contribution in [-0.4, -0.2) is 38.4 Å². The van der Waals surface area contributed by atoms with Crippen molar-refractivity contribution in [1.29, 1.82) is 5.26 Å². The molecule has 4 rings (SSSR count). The van der Waals surface area contributed by atoms with Gasteiger partial charge in [-0.05, 0) is 49.2 Å². The number of likely N-dealkylation sites (tertiary alicyclic amines) is 1. The number of fused-ring (bicyclic) bond motifs is 1. The van der Waals surface area contributed by atoms with Crippen LogP contribution in [0.3, 0.4) is 0 Å². The topological polar surface area (TPSA) is 101 Å². The van der Waals surface area contributed by atoms with E-state index >= 15 is 0 Å². The lowest BCUT2D eigenvalue weighted by Gasteiger charge is -2.43. The van der Waals surface area contributed by atoms with Crippen molar-refractivity contribution in [3.63, 3.8) is 0 Å². The van der Waals surface area contributed by atoms with E-state index in [0.717, 1.165) is 50.8 Å². The van der Waals surface area contributed by atoms with E-state index in [9.17, 15) is 10.1 Å². The fraction of sp³-hybridized carbons (Fsp3) is 0.429. The van der Waals surface area contributed by atoms with Crippen LogP contribution in [0, 0.1) is 16.7 Å². The van der Waals surface area contributed by atoms with Crippen LogP contribution in [-0.2, 0) is 11.8 Å². The summed E-state index contributed by atoms with van der Waals surface area (Å²) < 4.78 is 1.83. The number of aryl methyl sites for hydroxylation is 1. The molecule has 28 heavy (non-hydrogen) atoms. The molecule has 1 aliphatic carbocycles. The largest absolute Gasteiger partial charge is 0.383 e. The van der Waals surface area contributed by atoms with E-state index in [1.807, 2.05) is 16.5 Å². The molecular formula is C21H24N6O. The Kier molecular flexibility index (Phi) is 4.42. The zero-order valence-electron chi connectivity index (χ0n) is 16.1. The van der Waals surface area contributed by atoms with E-state index in [2.05, 4.69) is 23.7 Å². The van der Waals surface area contributed by atoms with Crippen molar-refractivity contribution < 1.29 is 4.79 Å². The minimum absolute atomic E-state index is 0.0263. The summed E-state index contributed by atoms with van der Waals surface area (Å²) in [7, 11) is 1.86. The number of piperidine rings is 1. The molecule has 7 nitrogen and oxygen atoms in total. The summed E-state index contributed by atoms with van der Waals surface area (Å²) in [6.45, 7) is 5.17. The zero-order valence-corrected chi connectivity index (χ0v) is 16.1. The molecule has 7 heteroatoms. The Labute approximate surface area is 164 Å². The van der Waals surface area contributed by atoms with E-state index in [4.69, 9.17) is 10.7 Å². The number of rotatable bonds is 2. The SMILES string of the molecule is C=CC(=O)N1CCC2(CC=C(c3nc(N)c4c(C#N)cn(C)c4n3)CC2)CC1. The van der Waals surface area contributed by atoms with Crippen LogP contribution >= 0.6 is 0 Å². The van der Waals surface area contributed by atoms with Gasteiger partial charge in [0.25, 0.3) is 0 Å². The smallest absolute Gasteiger partial charge is 0.245 e.